The van der Waals surface area contributed by atoms with Gasteiger partial charge in [0.15, 0.2) is 0 Å². The molecular weight excluding hydrogens is 370 g/mol. The maximum Gasteiger partial charge on any atom is 0.238 e. The van der Waals surface area contributed by atoms with E-state index >= 15 is 0 Å². The van der Waals surface area contributed by atoms with E-state index < -0.39 is 6.04 Å². The van der Waals surface area contributed by atoms with Crippen LogP contribution in [0.5, 0.6) is 0 Å². The second kappa shape index (κ2) is 10.9. The lowest BCUT2D eigenvalue weighted by Gasteiger charge is -2.24. The Bertz CT molecular complexity index is 782. The molecule has 2 unspecified atom stereocenters. The first-order valence-corrected chi connectivity index (χ1v) is 10.6. The first-order chi connectivity index (χ1) is 13.4. The van der Waals surface area contributed by atoms with Crippen molar-refractivity contribution >= 4 is 29.3 Å². The van der Waals surface area contributed by atoms with E-state index in [4.69, 9.17) is 0 Å². The molecule has 2 N–H and O–H groups in total. The molecule has 0 aliphatic rings. The molecule has 0 fully saturated rings. The minimum atomic E-state index is -0.399. The summed E-state index contributed by atoms with van der Waals surface area (Å²) in [6.07, 6.45) is 1.97. The summed E-state index contributed by atoms with van der Waals surface area (Å²) in [5.74, 6) is 0.0119. The van der Waals surface area contributed by atoms with Gasteiger partial charge >= 0.3 is 0 Å². The van der Waals surface area contributed by atoms with Crippen LogP contribution in [0.1, 0.15) is 25.3 Å². The minimum Gasteiger partial charge on any atom is -0.354 e. The number of rotatable bonds is 9. The maximum atomic E-state index is 12.5. The van der Waals surface area contributed by atoms with Crippen LogP contribution in [0, 0.1) is 0 Å². The molecule has 0 bridgehead atoms. The van der Waals surface area contributed by atoms with Gasteiger partial charge < -0.3 is 10.6 Å². The third kappa shape index (κ3) is 6.39. The van der Waals surface area contributed by atoms with Gasteiger partial charge in [-0.05, 0) is 43.8 Å². The molecule has 2 aromatic carbocycles. The van der Waals surface area contributed by atoms with Gasteiger partial charge in [0.2, 0.25) is 11.8 Å². The Kier molecular flexibility index (Phi) is 8.54. The number of carbonyl (C=O) groups excluding carboxylic acids is 2. The number of hydrogen-bond acceptors (Lipinski definition) is 4. The molecule has 150 valence electrons. The molecule has 0 aromatic heterocycles. The molecule has 0 heterocycles. The molecule has 0 aliphatic carbocycles. The van der Waals surface area contributed by atoms with Gasteiger partial charge in [-0.2, -0.15) is 0 Å². The van der Waals surface area contributed by atoms with Gasteiger partial charge in [0.25, 0.3) is 0 Å². The molecule has 6 heteroatoms. The molecule has 5 nitrogen and oxygen atoms in total. The highest BCUT2D eigenvalue weighted by atomic mass is 32.2. The van der Waals surface area contributed by atoms with Crippen LogP contribution in [0.3, 0.4) is 0 Å². The van der Waals surface area contributed by atoms with Gasteiger partial charge in [-0.25, -0.2) is 0 Å². The predicted molar refractivity (Wildman–Crippen MR) is 117 cm³/mol. The number of benzene rings is 2. The molecule has 0 saturated heterocycles. The van der Waals surface area contributed by atoms with E-state index in [0.717, 1.165) is 10.6 Å². The Morgan fingerprint density at radius 1 is 1.04 bits per heavy atom. The van der Waals surface area contributed by atoms with Gasteiger partial charge in [0, 0.05) is 11.4 Å². The summed E-state index contributed by atoms with van der Waals surface area (Å²) >= 11 is 1.58. The zero-order valence-electron chi connectivity index (χ0n) is 16.9. The average Bonchev–Trinajstić information content (AvgIpc) is 2.72. The zero-order chi connectivity index (χ0) is 20.5. The highest BCUT2D eigenvalue weighted by Crippen LogP contribution is 2.24. The lowest BCUT2D eigenvalue weighted by Crippen LogP contribution is -2.46. The van der Waals surface area contributed by atoms with E-state index in [2.05, 4.69) is 29.7 Å². The molecule has 2 amide bonds. The standard InChI is InChI=1S/C22H29N3O2S/c1-16(18-10-6-5-7-11-18)14-23-22(27)17(2)25(3)15-21(26)24-19-12-8-9-13-20(19)28-4/h5-13,16-17H,14-15H2,1-4H3,(H,23,27)(H,24,26). The normalized spacial score (nSPS) is 13.0. The third-order valence-electron chi connectivity index (χ3n) is 4.77. The summed E-state index contributed by atoms with van der Waals surface area (Å²) in [4.78, 5) is 27.6. The molecule has 2 aromatic rings. The molecule has 2 rings (SSSR count). The fourth-order valence-electron chi connectivity index (χ4n) is 2.80. The number of carbonyl (C=O) groups is 2. The van der Waals surface area contributed by atoms with E-state index in [1.165, 1.54) is 5.56 Å². The van der Waals surface area contributed by atoms with Crippen LogP contribution in [-0.2, 0) is 9.59 Å². The number of likely N-dealkylation sites (N-methyl/N-ethyl adjacent to an activating group) is 1. The van der Waals surface area contributed by atoms with E-state index in [1.807, 2.05) is 55.6 Å². The van der Waals surface area contributed by atoms with Crippen molar-refractivity contribution in [2.24, 2.45) is 0 Å². The average molecular weight is 400 g/mol. The summed E-state index contributed by atoms with van der Waals surface area (Å²) in [7, 11) is 1.78. The quantitative estimate of drug-likeness (QED) is 0.633. The number of nitrogens with zero attached hydrogens (tertiary/aromatic N) is 1. The Morgan fingerprint density at radius 2 is 1.68 bits per heavy atom. The fraction of sp³-hybridized carbons (Fsp3) is 0.364. The SMILES string of the molecule is CSc1ccccc1NC(=O)CN(C)C(C)C(=O)NCC(C)c1ccccc1. The number of hydrogen-bond donors (Lipinski definition) is 2. The summed E-state index contributed by atoms with van der Waals surface area (Å²) in [6, 6.07) is 17.4. The van der Waals surface area contributed by atoms with Crippen molar-refractivity contribution in [1.82, 2.24) is 10.2 Å². The molecular formula is C22H29N3O2S. The molecule has 0 saturated carbocycles. The number of nitrogens with one attached hydrogen (secondary N) is 2. The second-order valence-electron chi connectivity index (χ2n) is 6.90. The Hall–Kier alpha value is -2.31. The van der Waals surface area contributed by atoms with Crippen LogP contribution >= 0.6 is 11.8 Å². The van der Waals surface area contributed by atoms with Crippen LogP contribution in [0.15, 0.2) is 59.5 Å². The van der Waals surface area contributed by atoms with Gasteiger partial charge in [0.05, 0.1) is 18.3 Å². The first-order valence-electron chi connectivity index (χ1n) is 9.38. The van der Waals surface area contributed by atoms with Crippen molar-refractivity contribution in [2.45, 2.75) is 30.7 Å². The Balaban J connectivity index is 1.83. The van der Waals surface area contributed by atoms with E-state index in [0.29, 0.717) is 6.54 Å². The molecule has 28 heavy (non-hydrogen) atoms. The van der Waals surface area contributed by atoms with Crippen molar-refractivity contribution in [1.29, 1.82) is 0 Å². The van der Waals surface area contributed by atoms with Crippen molar-refractivity contribution in [3.05, 3.63) is 60.2 Å². The highest BCUT2D eigenvalue weighted by molar-refractivity contribution is 7.98. The first kappa shape index (κ1) is 22.0. The van der Waals surface area contributed by atoms with E-state index in [1.54, 1.807) is 23.7 Å². The van der Waals surface area contributed by atoms with Crippen LogP contribution in [0.25, 0.3) is 0 Å². The van der Waals surface area contributed by atoms with Crippen LogP contribution in [-0.4, -0.2) is 49.1 Å². The summed E-state index contributed by atoms with van der Waals surface area (Å²) < 4.78 is 0. The van der Waals surface area contributed by atoms with Crippen molar-refractivity contribution < 1.29 is 9.59 Å². The summed E-state index contributed by atoms with van der Waals surface area (Å²) in [6.45, 7) is 4.60. The fourth-order valence-corrected chi connectivity index (χ4v) is 3.36. The van der Waals surface area contributed by atoms with Crippen molar-refractivity contribution in [2.75, 3.05) is 31.7 Å². The van der Waals surface area contributed by atoms with Crippen molar-refractivity contribution in [3.8, 4) is 0 Å². The van der Waals surface area contributed by atoms with Gasteiger partial charge in [0.1, 0.15) is 0 Å². The third-order valence-corrected chi connectivity index (χ3v) is 5.56. The molecule has 0 spiro atoms. The number of thioether (sulfide) groups is 1. The van der Waals surface area contributed by atoms with E-state index in [-0.39, 0.29) is 24.3 Å². The van der Waals surface area contributed by atoms with Crippen LogP contribution in [0.2, 0.25) is 0 Å². The molecule has 2 atom stereocenters. The monoisotopic (exact) mass is 399 g/mol. The molecule has 0 radical (unpaired) electrons. The van der Waals surface area contributed by atoms with Gasteiger partial charge in [-0.15, -0.1) is 11.8 Å². The zero-order valence-corrected chi connectivity index (χ0v) is 17.8. The Labute approximate surface area is 171 Å². The second-order valence-corrected chi connectivity index (χ2v) is 7.74. The lowest BCUT2D eigenvalue weighted by atomic mass is 10.0. The number of anilines is 1. The number of para-hydroxylation sites is 1. The van der Waals surface area contributed by atoms with Crippen molar-refractivity contribution in [3.63, 3.8) is 0 Å². The largest absolute Gasteiger partial charge is 0.354 e. The molecule has 0 aliphatic heterocycles. The highest BCUT2D eigenvalue weighted by Gasteiger charge is 2.21. The van der Waals surface area contributed by atoms with E-state index in [9.17, 15) is 9.59 Å². The smallest absolute Gasteiger partial charge is 0.238 e. The Morgan fingerprint density at radius 3 is 2.36 bits per heavy atom. The minimum absolute atomic E-state index is 0.0809. The van der Waals surface area contributed by atoms with Gasteiger partial charge in [-0.3, -0.25) is 14.5 Å². The van der Waals surface area contributed by atoms with Crippen LogP contribution in [0.4, 0.5) is 5.69 Å². The predicted octanol–water partition coefficient (Wildman–Crippen LogP) is 3.59. The maximum absolute atomic E-state index is 12.5. The summed E-state index contributed by atoms with van der Waals surface area (Å²) in [5, 5.41) is 5.91. The summed E-state index contributed by atoms with van der Waals surface area (Å²) in [5.41, 5.74) is 1.98. The number of amides is 2. The van der Waals surface area contributed by atoms with Crippen LogP contribution < -0.4 is 10.6 Å². The van der Waals surface area contributed by atoms with Gasteiger partial charge in [-0.1, -0.05) is 49.4 Å². The lowest BCUT2D eigenvalue weighted by molar-refractivity contribution is -0.126. The topological polar surface area (TPSA) is 61.4 Å².